The van der Waals surface area contributed by atoms with Crippen LogP contribution in [0.4, 0.5) is 17.1 Å². The van der Waals surface area contributed by atoms with Crippen LogP contribution in [0.3, 0.4) is 0 Å². The Morgan fingerprint density at radius 2 is 1.29 bits per heavy atom. The summed E-state index contributed by atoms with van der Waals surface area (Å²) in [5.74, 6) is -0.633. The molecule has 0 saturated carbocycles. The van der Waals surface area contributed by atoms with Crippen LogP contribution in [-0.2, 0) is 21.0 Å². The first kappa shape index (κ1) is 32.2. The summed E-state index contributed by atoms with van der Waals surface area (Å²) in [5, 5.41) is 13.1. The molecule has 248 valence electrons. The van der Waals surface area contributed by atoms with Crippen molar-refractivity contribution in [3.05, 3.63) is 125 Å². The highest BCUT2D eigenvalue weighted by Gasteiger charge is 2.43. The van der Waals surface area contributed by atoms with Crippen molar-refractivity contribution in [2.75, 3.05) is 4.90 Å². The van der Waals surface area contributed by atoms with Crippen LogP contribution in [-0.4, -0.2) is 22.1 Å². The highest BCUT2D eigenvalue weighted by Crippen LogP contribution is 2.58. The van der Waals surface area contributed by atoms with Gasteiger partial charge in [-0.25, -0.2) is 4.79 Å². The monoisotopic (exact) mass is 650 g/mol. The Morgan fingerprint density at radius 3 is 1.92 bits per heavy atom. The lowest BCUT2D eigenvalue weighted by Crippen LogP contribution is -2.34. The molecule has 0 fully saturated rings. The van der Waals surface area contributed by atoms with Gasteiger partial charge in [0.15, 0.2) is 5.75 Å². The number of carboxylic acids is 1. The maximum Gasteiger partial charge on any atom is 0.337 e. The van der Waals surface area contributed by atoms with Crippen LogP contribution < -0.4 is 9.64 Å². The number of hydrogen-bond donors (Lipinski definition) is 1. The summed E-state index contributed by atoms with van der Waals surface area (Å²) in [4.78, 5) is 27.4. The summed E-state index contributed by atoms with van der Waals surface area (Å²) in [5.41, 5.74) is 7.88. The second-order valence-corrected chi connectivity index (χ2v) is 15.7. The summed E-state index contributed by atoms with van der Waals surface area (Å²) in [6, 6.07) is 33.0. The average molecular weight is 651 g/mol. The number of ether oxygens (including phenoxy) is 1. The zero-order valence-corrected chi connectivity index (χ0v) is 29.4. The van der Waals surface area contributed by atoms with Gasteiger partial charge in [-0.3, -0.25) is 4.79 Å². The fourth-order valence-electron chi connectivity index (χ4n) is 7.31. The normalized spacial score (nSPS) is 14.1. The van der Waals surface area contributed by atoms with Crippen molar-refractivity contribution < 1.29 is 19.4 Å². The third kappa shape index (κ3) is 5.09. The molecule has 6 heteroatoms. The van der Waals surface area contributed by atoms with E-state index in [1.54, 1.807) is 6.07 Å². The van der Waals surface area contributed by atoms with Gasteiger partial charge in [0.2, 0.25) is 0 Å². The molecule has 7 rings (SSSR count). The maximum atomic E-state index is 13.3. The number of carbonyl (C=O) groups is 2. The molecular formula is C43H42N2O4. The van der Waals surface area contributed by atoms with Crippen LogP contribution in [0.15, 0.2) is 97.1 Å². The summed E-state index contributed by atoms with van der Waals surface area (Å²) < 4.78 is 8.08. The van der Waals surface area contributed by atoms with E-state index in [2.05, 4.69) is 108 Å². The van der Waals surface area contributed by atoms with E-state index in [-0.39, 0.29) is 16.4 Å². The molecule has 1 aliphatic heterocycles. The van der Waals surface area contributed by atoms with Gasteiger partial charge in [0.1, 0.15) is 0 Å². The Balaban J connectivity index is 1.64. The molecule has 0 bridgehead atoms. The molecule has 49 heavy (non-hydrogen) atoms. The first-order chi connectivity index (χ1) is 23.1. The molecule has 1 N–H and O–H groups in total. The molecule has 0 amide bonds. The molecule has 0 atom stereocenters. The van der Waals surface area contributed by atoms with Gasteiger partial charge in [0.25, 0.3) is 6.47 Å². The van der Waals surface area contributed by atoms with E-state index in [0.29, 0.717) is 23.6 Å². The molecule has 1 aliphatic rings. The smallest absolute Gasteiger partial charge is 0.337 e. The van der Waals surface area contributed by atoms with E-state index in [9.17, 15) is 14.7 Å². The second kappa shape index (κ2) is 11.1. The van der Waals surface area contributed by atoms with E-state index >= 15 is 0 Å². The Bertz CT molecular complexity index is 2300. The lowest BCUT2D eigenvalue weighted by atomic mass is 9.69. The van der Waals surface area contributed by atoms with E-state index in [0.717, 1.165) is 55.4 Å². The number of aromatic carboxylic acids is 1. The number of nitrogens with zero attached hydrogens (tertiary/aromatic N) is 2. The minimum absolute atomic E-state index is 0.196. The van der Waals surface area contributed by atoms with Gasteiger partial charge in [0, 0.05) is 27.6 Å². The van der Waals surface area contributed by atoms with Crippen LogP contribution in [0, 0.1) is 0 Å². The van der Waals surface area contributed by atoms with E-state index in [1.165, 1.54) is 0 Å². The quantitative estimate of drug-likeness (QED) is 0.188. The van der Waals surface area contributed by atoms with Crippen LogP contribution in [0.2, 0.25) is 0 Å². The molecule has 0 radical (unpaired) electrons. The van der Waals surface area contributed by atoms with Gasteiger partial charge in [-0.15, -0.1) is 0 Å². The largest absolute Gasteiger partial charge is 0.478 e. The highest BCUT2D eigenvalue weighted by atomic mass is 16.5. The molecular weight excluding hydrogens is 608 g/mol. The maximum absolute atomic E-state index is 13.3. The second-order valence-electron chi connectivity index (χ2n) is 15.7. The summed E-state index contributed by atoms with van der Waals surface area (Å²) in [6.45, 7) is 17.4. The number of rotatable bonds is 5. The Labute approximate surface area is 287 Å². The number of para-hydroxylation sites is 2. The predicted molar refractivity (Wildman–Crippen MR) is 199 cm³/mol. The van der Waals surface area contributed by atoms with Crippen molar-refractivity contribution in [3.63, 3.8) is 0 Å². The fourth-order valence-corrected chi connectivity index (χ4v) is 7.31. The summed E-state index contributed by atoms with van der Waals surface area (Å²) in [7, 11) is 0. The molecule has 0 aliphatic carbocycles. The van der Waals surface area contributed by atoms with Crippen molar-refractivity contribution in [1.82, 2.24) is 4.57 Å². The number of benzene rings is 5. The van der Waals surface area contributed by atoms with Gasteiger partial charge in [-0.2, -0.15) is 0 Å². The van der Waals surface area contributed by atoms with Gasteiger partial charge >= 0.3 is 5.97 Å². The first-order valence-electron chi connectivity index (χ1n) is 16.7. The Morgan fingerprint density at radius 1 is 0.694 bits per heavy atom. The van der Waals surface area contributed by atoms with Gasteiger partial charge in [-0.1, -0.05) is 110 Å². The topological polar surface area (TPSA) is 71.8 Å². The minimum atomic E-state index is -1.02. The standard InChI is InChI=1S/C43H42N2O4/c1-41(2,3)26-20-32(40(47)48)38-33(21-26)43(7,8)34-22-27(42(4,5)6)23-37(49-25-46)39(34)45(38)29-18-19-31-30-16-12-13-17-35(30)44(36(31)24-29)28-14-10-9-11-15-28/h9-25H,1-8H3,(H,47,48). The molecule has 2 heterocycles. The Kier molecular flexibility index (Phi) is 7.29. The van der Waals surface area contributed by atoms with Crippen molar-refractivity contribution in [3.8, 4) is 11.4 Å². The number of aromatic nitrogens is 1. The molecule has 0 spiro atoms. The lowest BCUT2D eigenvalue weighted by Gasteiger charge is -2.44. The zero-order chi connectivity index (χ0) is 35.0. The molecule has 6 nitrogen and oxygen atoms in total. The van der Waals surface area contributed by atoms with Gasteiger partial charge in [0.05, 0.1) is 28.0 Å². The molecule has 6 aromatic rings. The molecule has 0 saturated heterocycles. The number of hydrogen-bond acceptors (Lipinski definition) is 4. The van der Waals surface area contributed by atoms with Crippen LogP contribution in [0.1, 0.15) is 88.0 Å². The van der Waals surface area contributed by atoms with Crippen molar-refractivity contribution in [2.45, 2.75) is 71.6 Å². The third-order valence-electron chi connectivity index (χ3n) is 10.0. The third-order valence-corrected chi connectivity index (χ3v) is 10.0. The lowest BCUT2D eigenvalue weighted by molar-refractivity contribution is -0.120. The van der Waals surface area contributed by atoms with Crippen molar-refractivity contribution in [1.29, 1.82) is 0 Å². The van der Waals surface area contributed by atoms with Crippen LogP contribution >= 0.6 is 0 Å². The van der Waals surface area contributed by atoms with Crippen LogP contribution in [0.5, 0.6) is 5.75 Å². The number of carboxylic acid groups (broad SMARTS) is 1. The van der Waals surface area contributed by atoms with Gasteiger partial charge < -0.3 is 19.3 Å². The van der Waals surface area contributed by atoms with Gasteiger partial charge in [-0.05, 0) is 75.5 Å². The van der Waals surface area contributed by atoms with E-state index in [4.69, 9.17) is 4.74 Å². The molecule has 0 unspecified atom stereocenters. The first-order valence-corrected chi connectivity index (χ1v) is 16.7. The molecule has 5 aromatic carbocycles. The van der Waals surface area contributed by atoms with Crippen molar-refractivity contribution in [2.24, 2.45) is 0 Å². The molecule has 1 aromatic heterocycles. The van der Waals surface area contributed by atoms with Crippen molar-refractivity contribution >= 4 is 51.3 Å². The predicted octanol–water partition coefficient (Wildman–Crippen LogP) is 10.7. The summed E-state index contributed by atoms with van der Waals surface area (Å²) in [6.07, 6.45) is 0. The number of carbonyl (C=O) groups excluding carboxylic acids is 1. The van der Waals surface area contributed by atoms with E-state index in [1.807, 2.05) is 47.4 Å². The highest BCUT2D eigenvalue weighted by molar-refractivity contribution is 6.11. The summed E-state index contributed by atoms with van der Waals surface area (Å²) >= 11 is 0. The minimum Gasteiger partial charge on any atom is -0.478 e. The Hall–Kier alpha value is -5.36. The van der Waals surface area contributed by atoms with Crippen LogP contribution in [0.25, 0.3) is 27.5 Å². The van der Waals surface area contributed by atoms with E-state index < -0.39 is 11.4 Å². The zero-order valence-electron chi connectivity index (χ0n) is 29.4. The number of fused-ring (bicyclic) bond motifs is 5. The average Bonchev–Trinajstić information content (AvgIpc) is 3.38. The number of anilines is 3. The SMILES string of the molecule is CC(C)(C)c1cc(OC=O)c2c(c1)C(C)(C)c1cc(C(C)(C)C)cc(C(=O)O)c1N2c1ccc2c3ccccc3n(-c3ccccc3)c2c1. The fraction of sp³-hybridized carbons (Fsp3) is 0.256.